The van der Waals surface area contributed by atoms with Crippen molar-refractivity contribution in [2.24, 2.45) is 5.92 Å². The average Bonchev–Trinajstić information content (AvgIpc) is 3.11. The fraction of sp³-hybridized carbons (Fsp3) is 0.444. The van der Waals surface area contributed by atoms with Crippen LogP contribution in [0.25, 0.3) is 17.0 Å². The third kappa shape index (κ3) is 3.19. The van der Waals surface area contributed by atoms with Crippen LogP contribution in [0.5, 0.6) is 0 Å². The van der Waals surface area contributed by atoms with Gasteiger partial charge in [-0.3, -0.25) is 0 Å². The second-order valence-electron chi connectivity index (χ2n) is 7.63. The lowest BCUT2D eigenvalue weighted by Gasteiger charge is -2.52. The van der Waals surface area contributed by atoms with Crippen LogP contribution < -0.4 is 4.90 Å². The van der Waals surface area contributed by atoms with Gasteiger partial charge in [-0.2, -0.15) is 9.40 Å². The number of anilines is 1. The summed E-state index contributed by atoms with van der Waals surface area (Å²) < 4.78 is 52.9. The van der Waals surface area contributed by atoms with Gasteiger partial charge in [0.2, 0.25) is 10.0 Å². The number of aromatic nitrogens is 5. The van der Waals surface area contributed by atoms with Crippen LogP contribution in [0.3, 0.4) is 0 Å². The van der Waals surface area contributed by atoms with Gasteiger partial charge in [0.15, 0.2) is 5.65 Å². The fourth-order valence-electron chi connectivity index (χ4n) is 4.18. The number of sulfonamides is 1. The van der Waals surface area contributed by atoms with Crippen molar-refractivity contribution in [1.82, 2.24) is 28.9 Å². The third-order valence-corrected chi connectivity index (χ3v) is 7.05. The molecule has 3 aromatic heterocycles. The zero-order valence-corrected chi connectivity index (χ0v) is 16.9. The van der Waals surface area contributed by atoms with E-state index in [1.807, 2.05) is 4.90 Å². The molecular weight excluding hydrogens is 416 g/mol. The second-order valence-corrected chi connectivity index (χ2v) is 9.56. The number of piperidine rings is 1. The number of fused-ring (bicyclic) bond motifs is 2. The van der Waals surface area contributed by atoms with E-state index in [1.54, 1.807) is 6.07 Å². The average molecular weight is 435 g/mol. The second kappa shape index (κ2) is 6.91. The normalized spacial score (nSPS) is 22.3. The summed E-state index contributed by atoms with van der Waals surface area (Å²) in [5.74, 6) is 1.02. The van der Waals surface area contributed by atoms with Gasteiger partial charge in [-0.15, -0.1) is 0 Å². The van der Waals surface area contributed by atoms with Crippen LogP contribution in [0.2, 0.25) is 0 Å². The smallest absolute Gasteiger partial charge is 0.282 e. The molecule has 2 aliphatic rings. The van der Waals surface area contributed by atoms with Gasteiger partial charge in [0.05, 0.1) is 18.1 Å². The van der Waals surface area contributed by atoms with Gasteiger partial charge in [-0.25, -0.2) is 36.7 Å². The van der Waals surface area contributed by atoms with E-state index < -0.39 is 16.4 Å². The van der Waals surface area contributed by atoms with Gasteiger partial charge in [0.1, 0.15) is 23.5 Å². The van der Waals surface area contributed by atoms with E-state index in [9.17, 15) is 17.2 Å². The Hall–Kier alpha value is -2.73. The largest absolute Gasteiger partial charge is 0.355 e. The van der Waals surface area contributed by atoms with Gasteiger partial charge in [-0.05, 0) is 24.5 Å². The molecule has 2 fully saturated rings. The van der Waals surface area contributed by atoms with Crippen molar-refractivity contribution in [3.63, 3.8) is 0 Å². The maximum absolute atomic E-state index is 13.1. The first kappa shape index (κ1) is 19.2. The van der Waals surface area contributed by atoms with Crippen molar-refractivity contribution in [1.29, 1.82) is 0 Å². The molecule has 158 valence electrons. The van der Waals surface area contributed by atoms with E-state index >= 15 is 0 Å². The van der Waals surface area contributed by atoms with E-state index in [1.165, 1.54) is 39.7 Å². The van der Waals surface area contributed by atoms with Gasteiger partial charge < -0.3 is 4.90 Å². The molecule has 0 saturated carbocycles. The summed E-state index contributed by atoms with van der Waals surface area (Å²) in [5, 5.41) is 3.98. The number of halogens is 2. The third-order valence-electron chi connectivity index (χ3n) is 5.78. The van der Waals surface area contributed by atoms with Gasteiger partial charge in [-0.1, -0.05) is 0 Å². The Morgan fingerprint density at radius 3 is 2.77 bits per heavy atom. The first-order valence-electron chi connectivity index (χ1n) is 9.48. The lowest BCUT2D eigenvalue weighted by atomic mass is 9.85. The predicted molar refractivity (Wildman–Crippen MR) is 105 cm³/mol. The van der Waals surface area contributed by atoms with E-state index in [0.29, 0.717) is 41.9 Å². The highest BCUT2D eigenvalue weighted by molar-refractivity contribution is 7.88. The molecule has 2 aliphatic heterocycles. The van der Waals surface area contributed by atoms with Crippen LogP contribution in [-0.4, -0.2) is 69.2 Å². The van der Waals surface area contributed by atoms with E-state index in [-0.39, 0.29) is 11.7 Å². The Balaban J connectivity index is 1.45. The van der Waals surface area contributed by atoms with Crippen LogP contribution in [0, 0.1) is 5.92 Å². The molecule has 0 radical (unpaired) electrons. The van der Waals surface area contributed by atoms with E-state index in [4.69, 9.17) is 0 Å². The van der Waals surface area contributed by atoms with Crippen molar-refractivity contribution < 1.29 is 17.2 Å². The minimum Gasteiger partial charge on any atom is -0.355 e. The number of nitrogens with zero attached hydrogens (tertiary/aromatic N) is 7. The predicted octanol–water partition coefficient (Wildman–Crippen LogP) is 1.59. The monoisotopic (exact) mass is 435 g/mol. The molecule has 2 saturated heterocycles. The van der Waals surface area contributed by atoms with E-state index in [0.717, 1.165) is 13.0 Å². The molecule has 2 unspecified atom stereocenters. The zero-order valence-electron chi connectivity index (χ0n) is 16.1. The highest BCUT2D eigenvalue weighted by atomic mass is 32.2. The van der Waals surface area contributed by atoms with E-state index in [2.05, 4.69) is 20.1 Å². The molecule has 2 atom stereocenters. The first-order valence-corrected chi connectivity index (χ1v) is 11.3. The molecule has 0 bridgehead atoms. The molecule has 5 rings (SSSR count). The number of alkyl halides is 2. The van der Waals surface area contributed by atoms with Crippen molar-refractivity contribution in [3.8, 4) is 11.4 Å². The highest BCUT2D eigenvalue weighted by Crippen LogP contribution is 2.36. The maximum atomic E-state index is 13.1. The fourth-order valence-corrected chi connectivity index (χ4v) is 5.37. The molecule has 5 heterocycles. The van der Waals surface area contributed by atoms with Crippen LogP contribution in [-0.2, 0) is 10.0 Å². The molecule has 0 spiro atoms. The number of imidazole rings is 1. The minimum atomic E-state index is -3.23. The first-order chi connectivity index (χ1) is 14.3. The van der Waals surface area contributed by atoms with Crippen molar-refractivity contribution >= 4 is 21.5 Å². The molecule has 0 aromatic carbocycles. The van der Waals surface area contributed by atoms with Gasteiger partial charge in [0.25, 0.3) is 6.43 Å². The van der Waals surface area contributed by atoms with Crippen LogP contribution >= 0.6 is 0 Å². The van der Waals surface area contributed by atoms with Gasteiger partial charge in [0, 0.05) is 31.7 Å². The summed E-state index contributed by atoms with van der Waals surface area (Å²) in [5.41, 5.74) is 1.08. The van der Waals surface area contributed by atoms with Crippen LogP contribution in [0.15, 0.2) is 30.7 Å². The maximum Gasteiger partial charge on any atom is 0.282 e. The summed E-state index contributed by atoms with van der Waals surface area (Å²) >= 11 is 0. The lowest BCUT2D eigenvalue weighted by Crippen LogP contribution is -2.65. The summed E-state index contributed by atoms with van der Waals surface area (Å²) in [6.07, 6.45) is 2.36. The number of hydrogen-bond donors (Lipinski definition) is 0. The Labute approximate surface area is 171 Å². The highest BCUT2D eigenvalue weighted by Gasteiger charge is 2.47. The van der Waals surface area contributed by atoms with Gasteiger partial charge >= 0.3 is 0 Å². The standard InChI is InChI=1S/C18H19F2N7O2S/c1-30(28,29)26-8-11-4-5-25(9-15(11)26)17-6-13(22-10-23-17)14-7-21-16-3-2-12(18(19)20)24-27(14)16/h2-3,6-7,10-11,15,18H,4-5,8-9H2,1H3. The van der Waals surface area contributed by atoms with Crippen molar-refractivity contribution in [2.75, 3.05) is 30.8 Å². The van der Waals surface area contributed by atoms with Crippen LogP contribution in [0.4, 0.5) is 14.6 Å². The minimum absolute atomic E-state index is 0.0572. The van der Waals surface area contributed by atoms with Crippen LogP contribution in [0.1, 0.15) is 18.5 Å². The molecule has 0 amide bonds. The Morgan fingerprint density at radius 2 is 2.00 bits per heavy atom. The molecule has 9 nitrogen and oxygen atoms in total. The number of hydrogen-bond acceptors (Lipinski definition) is 7. The molecule has 12 heteroatoms. The summed E-state index contributed by atoms with van der Waals surface area (Å²) in [6, 6.07) is 4.43. The topological polar surface area (TPSA) is 96.6 Å². The molecule has 30 heavy (non-hydrogen) atoms. The molecule has 0 N–H and O–H groups in total. The number of rotatable bonds is 4. The van der Waals surface area contributed by atoms with Crippen molar-refractivity contribution in [2.45, 2.75) is 18.9 Å². The Morgan fingerprint density at radius 1 is 1.17 bits per heavy atom. The molecular formula is C18H19F2N7O2S. The lowest BCUT2D eigenvalue weighted by molar-refractivity contribution is 0.0829. The Kier molecular flexibility index (Phi) is 4.43. The zero-order chi connectivity index (χ0) is 21.0. The molecule has 3 aromatic rings. The quantitative estimate of drug-likeness (QED) is 0.614. The summed E-state index contributed by atoms with van der Waals surface area (Å²) in [4.78, 5) is 14.9. The molecule has 0 aliphatic carbocycles. The Bertz CT molecular complexity index is 1220. The van der Waals surface area contributed by atoms with Crippen molar-refractivity contribution in [3.05, 3.63) is 36.4 Å². The summed E-state index contributed by atoms with van der Waals surface area (Å²) in [7, 11) is -3.23. The summed E-state index contributed by atoms with van der Waals surface area (Å²) in [6.45, 7) is 1.89. The SMILES string of the molecule is CS(=O)(=O)N1CC2CCN(c3cc(-c4cnc5ccc(C(F)F)nn45)ncn3)CC21.